The van der Waals surface area contributed by atoms with Gasteiger partial charge in [0.1, 0.15) is 5.82 Å². The highest BCUT2D eigenvalue weighted by Gasteiger charge is 2.22. The third-order valence-electron chi connectivity index (χ3n) is 2.81. The van der Waals surface area contributed by atoms with E-state index in [-0.39, 0.29) is 5.82 Å². The average molecular weight is 252 g/mol. The molecule has 17 heavy (non-hydrogen) atoms. The van der Waals surface area contributed by atoms with Crippen LogP contribution in [-0.2, 0) is 6.54 Å². The maximum atomic E-state index is 13.0. The number of hydrogen-bond donors (Lipinski definition) is 1. The number of hydrogen-bond acceptors (Lipinski definition) is 2. The Morgan fingerprint density at radius 3 is 3.00 bits per heavy atom. The second kappa shape index (κ2) is 5.54. The zero-order valence-electron chi connectivity index (χ0n) is 10.1. The molecule has 0 spiro atoms. The van der Waals surface area contributed by atoms with E-state index in [2.05, 4.69) is 24.2 Å². The molecule has 0 bridgehead atoms. The lowest BCUT2D eigenvalue weighted by atomic mass is 10.1. The molecule has 0 aliphatic carbocycles. The van der Waals surface area contributed by atoms with Gasteiger partial charge in [0.15, 0.2) is 5.17 Å². The molecule has 1 unspecified atom stereocenters. The van der Waals surface area contributed by atoms with Crippen molar-refractivity contribution < 1.29 is 4.39 Å². The fourth-order valence-corrected chi connectivity index (χ4v) is 2.86. The fraction of sp³-hybridized carbons (Fsp3) is 0.462. The topological polar surface area (TPSA) is 24.4 Å². The highest BCUT2D eigenvalue weighted by Crippen LogP contribution is 2.19. The molecule has 1 aromatic rings. The largest absolute Gasteiger partial charge is 0.361 e. The summed E-state index contributed by atoms with van der Waals surface area (Å²) in [6, 6.07) is 7.10. The predicted molar refractivity (Wildman–Crippen MR) is 71.8 cm³/mol. The van der Waals surface area contributed by atoms with Crippen LogP contribution in [0, 0.1) is 11.7 Å². The van der Waals surface area contributed by atoms with Crippen LogP contribution in [0.5, 0.6) is 0 Å². The smallest absolute Gasteiger partial charge is 0.157 e. The monoisotopic (exact) mass is 252 g/mol. The standard InChI is InChI=1S/C13H17FN2S/c1-9(2)12-8-17-13(16-12)15-7-10-4-3-5-11(14)6-10/h3-6,9,12H,7-8H2,1-2H3,(H,15,16). The molecule has 1 aliphatic rings. The van der Waals surface area contributed by atoms with Crippen molar-refractivity contribution in [2.45, 2.75) is 26.4 Å². The Morgan fingerprint density at radius 1 is 1.53 bits per heavy atom. The van der Waals surface area contributed by atoms with E-state index in [0.29, 0.717) is 18.5 Å². The Labute approximate surface area is 106 Å². The number of thioether (sulfide) groups is 1. The average Bonchev–Trinajstić information content (AvgIpc) is 2.75. The van der Waals surface area contributed by atoms with E-state index in [4.69, 9.17) is 0 Å². The van der Waals surface area contributed by atoms with Crippen molar-refractivity contribution >= 4 is 16.9 Å². The van der Waals surface area contributed by atoms with Gasteiger partial charge in [0.2, 0.25) is 0 Å². The molecule has 1 N–H and O–H groups in total. The molecule has 1 fully saturated rings. The number of rotatable bonds is 3. The molecule has 1 atom stereocenters. The summed E-state index contributed by atoms with van der Waals surface area (Å²) >= 11 is 1.75. The van der Waals surface area contributed by atoms with Crippen LogP contribution in [0.15, 0.2) is 29.3 Å². The highest BCUT2D eigenvalue weighted by molar-refractivity contribution is 8.14. The van der Waals surface area contributed by atoms with Gasteiger partial charge < -0.3 is 5.32 Å². The van der Waals surface area contributed by atoms with Crippen molar-refractivity contribution in [3.05, 3.63) is 35.6 Å². The van der Waals surface area contributed by atoms with Crippen molar-refractivity contribution in [1.29, 1.82) is 0 Å². The summed E-state index contributed by atoms with van der Waals surface area (Å²) in [7, 11) is 0. The van der Waals surface area contributed by atoms with E-state index >= 15 is 0 Å². The van der Waals surface area contributed by atoms with Crippen molar-refractivity contribution in [3.63, 3.8) is 0 Å². The van der Waals surface area contributed by atoms with E-state index in [9.17, 15) is 4.39 Å². The summed E-state index contributed by atoms with van der Waals surface area (Å²) in [6.45, 7) is 4.94. The first kappa shape index (κ1) is 12.4. The van der Waals surface area contributed by atoms with Crippen LogP contribution in [0.1, 0.15) is 19.4 Å². The first-order valence-corrected chi connectivity index (χ1v) is 6.82. The van der Waals surface area contributed by atoms with E-state index < -0.39 is 0 Å². The van der Waals surface area contributed by atoms with Gasteiger partial charge in [-0.25, -0.2) is 4.39 Å². The molecule has 1 heterocycles. The summed E-state index contributed by atoms with van der Waals surface area (Å²) in [5.74, 6) is 1.48. The number of amidine groups is 1. The number of aliphatic imine (C=N–C) groups is 1. The number of benzene rings is 1. The minimum Gasteiger partial charge on any atom is -0.361 e. The molecule has 4 heteroatoms. The van der Waals surface area contributed by atoms with Gasteiger partial charge in [0.25, 0.3) is 0 Å². The summed E-state index contributed by atoms with van der Waals surface area (Å²) < 4.78 is 13.0. The Bertz CT molecular complexity index is 418. The van der Waals surface area contributed by atoms with Crippen molar-refractivity contribution in [2.24, 2.45) is 10.9 Å². The number of halogens is 1. The van der Waals surface area contributed by atoms with Gasteiger partial charge in [-0.15, -0.1) is 0 Å². The van der Waals surface area contributed by atoms with Crippen molar-refractivity contribution in [2.75, 3.05) is 5.75 Å². The van der Waals surface area contributed by atoms with Crippen LogP contribution in [0.4, 0.5) is 4.39 Å². The highest BCUT2D eigenvalue weighted by atomic mass is 32.2. The first-order chi connectivity index (χ1) is 8.15. The van der Waals surface area contributed by atoms with Crippen LogP contribution < -0.4 is 5.32 Å². The molecule has 0 amide bonds. The van der Waals surface area contributed by atoms with Crippen LogP contribution >= 0.6 is 11.8 Å². The molecule has 0 saturated carbocycles. The van der Waals surface area contributed by atoms with Gasteiger partial charge in [-0.3, -0.25) is 4.99 Å². The summed E-state index contributed by atoms with van der Waals surface area (Å²) in [5, 5.41) is 4.37. The van der Waals surface area contributed by atoms with Gasteiger partial charge in [0, 0.05) is 11.8 Å². The van der Waals surface area contributed by atoms with Crippen molar-refractivity contribution in [1.82, 2.24) is 5.32 Å². The molecule has 2 nitrogen and oxygen atoms in total. The third kappa shape index (κ3) is 3.46. The molecule has 1 saturated heterocycles. The van der Waals surface area contributed by atoms with E-state index in [0.717, 1.165) is 16.5 Å². The van der Waals surface area contributed by atoms with Gasteiger partial charge >= 0.3 is 0 Å². The third-order valence-corrected chi connectivity index (χ3v) is 3.85. The second-order valence-electron chi connectivity index (χ2n) is 4.56. The molecule has 1 aliphatic heterocycles. The summed E-state index contributed by atoms with van der Waals surface area (Å²) in [5.41, 5.74) is 0.910. The predicted octanol–water partition coefficient (Wildman–Crippen LogP) is 3.04. The van der Waals surface area contributed by atoms with Gasteiger partial charge in [-0.1, -0.05) is 37.7 Å². The van der Waals surface area contributed by atoms with Gasteiger partial charge in [0.05, 0.1) is 6.54 Å². The zero-order valence-corrected chi connectivity index (χ0v) is 10.9. The summed E-state index contributed by atoms with van der Waals surface area (Å²) in [4.78, 5) is 4.47. The van der Waals surface area contributed by atoms with Crippen molar-refractivity contribution in [3.8, 4) is 0 Å². The molecule has 0 radical (unpaired) electrons. The maximum Gasteiger partial charge on any atom is 0.157 e. The van der Waals surface area contributed by atoms with Crippen LogP contribution in [0.3, 0.4) is 0 Å². The molecule has 92 valence electrons. The lowest BCUT2D eigenvalue weighted by Gasteiger charge is -2.13. The maximum absolute atomic E-state index is 13.0. The SMILES string of the molecule is CC(C)C1CSC(=NCc2cccc(F)c2)N1. The van der Waals surface area contributed by atoms with Crippen LogP contribution in [-0.4, -0.2) is 17.0 Å². The minimum absolute atomic E-state index is 0.199. The lowest BCUT2D eigenvalue weighted by Crippen LogP contribution is -2.31. The zero-order chi connectivity index (χ0) is 12.3. The molecule has 1 aromatic carbocycles. The normalized spacial score (nSPS) is 22.1. The molecule has 2 rings (SSSR count). The Balaban J connectivity index is 1.94. The van der Waals surface area contributed by atoms with Gasteiger partial charge in [-0.05, 0) is 23.6 Å². The number of nitrogens with zero attached hydrogens (tertiary/aromatic N) is 1. The quantitative estimate of drug-likeness (QED) is 0.894. The fourth-order valence-electron chi connectivity index (χ4n) is 1.66. The Morgan fingerprint density at radius 2 is 2.35 bits per heavy atom. The second-order valence-corrected chi connectivity index (χ2v) is 5.57. The Kier molecular flexibility index (Phi) is 4.05. The van der Waals surface area contributed by atoms with Gasteiger partial charge in [-0.2, -0.15) is 0 Å². The molecule has 0 aromatic heterocycles. The van der Waals surface area contributed by atoms with E-state index in [1.165, 1.54) is 12.1 Å². The Hall–Kier alpha value is -1.03. The lowest BCUT2D eigenvalue weighted by molar-refractivity contribution is 0.503. The van der Waals surface area contributed by atoms with E-state index in [1.807, 2.05) is 6.07 Å². The minimum atomic E-state index is -0.199. The molecular formula is C13H17FN2S. The first-order valence-electron chi connectivity index (χ1n) is 5.83. The number of nitrogens with one attached hydrogen (secondary N) is 1. The van der Waals surface area contributed by atoms with Crippen LogP contribution in [0.25, 0.3) is 0 Å². The molecular weight excluding hydrogens is 235 g/mol. The van der Waals surface area contributed by atoms with Crippen LogP contribution in [0.2, 0.25) is 0 Å². The van der Waals surface area contributed by atoms with E-state index in [1.54, 1.807) is 17.8 Å². The summed E-state index contributed by atoms with van der Waals surface area (Å²) in [6.07, 6.45) is 0.